The van der Waals surface area contributed by atoms with Crippen LogP contribution < -0.4 is 20.2 Å². The number of benzene rings is 2. The average molecular weight is 425 g/mol. The van der Waals surface area contributed by atoms with Crippen molar-refractivity contribution in [2.24, 2.45) is 11.0 Å². The molecule has 2 N–H and O–H groups in total. The number of rotatable bonds is 8. The van der Waals surface area contributed by atoms with E-state index >= 15 is 0 Å². The number of hydrogen-bond acceptors (Lipinski definition) is 7. The molecule has 0 aliphatic rings. The van der Waals surface area contributed by atoms with Crippen LogP contribution in [0, 0.1) is 5.92 Å². The molecule has 156 valence electrons. The van der Waals surface area contributed by atoms with Crippen molar-refractivity contribution in [1.29, 1.82) is 0 Å². The van der Waals surface area contributed by atoms with Crippen LogP contribution in [0.25, 0.3) is 11.3 Å². The Balaban J connectivity index is 1.81. The molecule has 0 saturated heterocycles. The monoisotopic (exact) mass is 424 g/mol. The van der Waals surface area contributed by atoms with Crippen LogP contribution in [0.4, 0.5) is 10.1 Å². The minimum atomic E-state index is -0.129. The molecule has 1 amide bonds. The van der Waals surface area contributed by atoms with Crippen LogP contribution in [0.1, 0.15) is 19.4 Å². The van der Waals surface area contributed by atoms with Gasteiger partial charge in [0.05, 0.1) is 20.4 Å². The van der Waals surface area contributed by atoms with E-state index in [9.17, 15) is 4.79 Å². The smallest absolute Gasteiger partial charge is 0.227 e. The quantitative estimate of drug-likeness (QED) is 0.398. The van der Waals surface area contributed by atoms with Crippen molar-refractivity contribution in [2.75, 3.05) is 25.0 Å². The number of nitrogens with zero attached hydrogens (tertiary/aromatic N) is 2. The third-order valence-electron chi connectivity index (χ3n) is 4.22. The number of methoxy groups -OCH3 is 2. The van der Waals surface area contributed by atoms with Gasteiger partial charge < -0.3 is 14.8 Å². The maximum atomic E-state index is 12.2. The molecule has 1 heterocycles. The Morgan fingerprint density at radius 1 is 1.10 bits per heavy atom. The number of aromatic nitrogens is 1. The molecule has 2 aromatic carbocycles. The van der Waals surface area contributed by atoms with E-state index in [4.69, 9.17) is 9.47 Å². The number of ether oxygens (including phenoxy) is 2. The third-order valence-corrected chi connectivity index (χ3v) is 5.09. The van der Waals surface area contributed by atoms with E-state index in [2.05, 4.69) is 20.8 Å². The zero-order chi connectivity index (χ0) is 21.5. The van der Waals surface area contributed by atoms with Gasteiger partial charge in [0, 0.05) is 11.5 Å². The summed E-state index contributed by atoms with van der Waals surface area (Å²) in [5, 5.41) is 8.49. The molecule has 0 unspecified atom stereocenters. The number of amides is 1. The first-order valence-electron chi connectivity index (χ1n) is 9.40. The predicted molar refractivity (Wildman–Crippen MR) is 122 cm³/mol. The van der Waals surface area contributed by atoms with E-state index < -0.39 is 0 Å². The van der Waals surface area contributed by atoms with E-state index in [0.29, 0.717) is 27.3 Å². The lowest BCUT2D eigenvalue weighted by Crippen LogP contribution is -2.17. The molecule has 0 atom stereocenters. The van der Waals surface area contributed by atoms with Gasteiger partial charge in [0.25, 0.3) is 0 Å². The summed E-state index contributed by atoms with van der Waals surface area (Å²) in [5.74, 6) is 1.09. The van der Waals surface area contributed by atoms with E-state index in [1.165, 1.54) is 11.3 Å². The SMILES string of the molecule is COc1ccc(/C=N\Nc2nc(-c3ccccc3)c(NC(=O)C(C)C)s2)cc1OC. The number of thiazole rings is 1. The van der Waals surface area contributed by atoms with Crippen molar-refractivity contribution in [3.63, 3.8) is 0 Å². The van der Waals surface area contributed by atoms with Crippen molar-refractivity contribution in [1.82, 2.24) is 4.98 Å². The average Bonchev–Trinajstić information content (AvgIpc) is 3.16. The summed E-state index contributed by atoms with van der Waals surface area (Å²) in [6.45, 7) is 3.70. The van der Waals surface area contributed by atoms with Crippen LogP contribution in [-0.4, -0.2) is 31.3 Å². The maximum Gasteiger partial charge on any atom is 0.227 e. The third kappa shape index (κ3) is 5.15. The first-order chi connectivity index (χ1) is 14.5. The lowest BCUT2D eigenvalue weighted by Gasteiger charge is -2.07. The molecule has 0 spiro atoms. The first-order valence-corrected chi connectivity index (χ1v) is 10.2. The number of anilines is 2. The molecule has 7 nitrogen and oxygen atoms in total. The lowest BCUT2D eigenvalue weighted by molar-refractivity contribution is -0.118. The van der Waals surface area contributed by atoms with Crippen molar-refractivity contribution in [3.8, 4) is 22.8 Å². The number of nitrogens with one attached hydrogen (secondary N) is 2. The Bertz CT molecular complexity index is 1030. The van der Waals surface area contributed by atoms with Crippen LogP contribution >= 0.6 is 11.3 Å². The standard InChI is InChI=1S/C22H24N4O3S/c1-14(2)20(27)25-21-19(16-8-6-5-7-9-16)24-22(30-21)26-23-13-15-10-11-17(28-3)18(12-15)29-4/h5-14H,1-4H3,(H,24,26)(H,25,27)/b23-13-. The number of carbonyl (C=O) groups excluding carboxylic acids is 1. The summed E-state index contributed by atoms with van der Waals surface area (Å²) in [7, 11) is 3.18. The second-order valence-corrected chi connectivity index (χ2v) is 7.69. The molecule has 0 saturated carbocycles. The Kier molecular flexibility index (Phi) is 7.03. The number of hydrogen-bond donors (Lipinski definition) is 2. The number of carbonyl (C=O) groups is 1. The first kappa shape index (κ1) is 21.3. The van der Waals surface area contributed by atoms with Gasteiger partial charge in [-0.15, -0.1) is 0 Å². The molecule has 0 fully saturated rings. The second-order valence-electron chi connectivity index (χ2n) is 6.69. The van der Waals surface area contributed by atoms with Gasteiger partial charge >= 0.3 is 0 Å². The fraction of sp³-hybridized carbons (Fsp3) is 0.227. The molecule has 0 aliphatic heterocycles. The van der Waals surface area contributed by atoms with Gasteiger partial charge in [-0.25, -0.2) is 4.98 Å². The topological polar surface area (TPSA) is 84.8 Å². The van der Waals surface area contributed by atoms with Gasteiger partial charge in [0.1, 0.15) is 10.7 Å². The zero-order valence-corrected chi connectivity index (χ0v) is 18.1. The van der Waals surface area contributed by atoms with Gasteiger partial charge in [0.15, 0.2) is 11.5 Å². The molecular formula is C22H24N4O3S. The Morgan fingerprint density at radius 3 is 2.50 bits per heavy atom. The zero-order valence-electron chi connectivity index (χ0n) is 17.3. The molecule has 0 bridgehead atoms. The molecule has 1 aromatic heterocycles. The highest BCUT2D eigenvalue weighted by Crippen LogP contribution is 2.36. The van der Waals surface area contributed by atoms with Crippen LogP contribution in [0.5, 0.6) is 11.5 Å². The van der Waals surface area contributed by atoms with Gasteiger partial charge in [-0.3, -0.25) is 10.2 Å². The van der Waals surface area contributed by atoms with Gasteiger partial charge in [0.2, 0.25) is 11.0 Å². The summed E-state index contributed by atoms with van der Waals surface area (Å²) in [6.07, 6.45) is 1.66. The van der Waals surface area contributed by atoms with Crippen molar-refractivity contribution < 1.29 is 14.3 Å². The molecule has 8 heteroatoms. The maximum absolute atomic E-state index is 12.2. The van der Waals surface area contributed by atoms with E-state index in [1.807, 2.05) is 62.4 Å². The highest BCUT2D eigenvalue weighted by molar-refractivity contribution is 7.20. The molecular weight excluding hydrogens is 400 g/mol. The van der Waals surface area contributed by atoms with Gasteiger partial charge in [-0.1, -0.05) is 55.5 Å². The summed E-state index contributed by atoms with van der Waals surface area (Å²) in [4.78, 5) is 16.8. The molecule has 3 rings (SSSR count). The summed E-state index contributed by atoms with van der Waals surface area (Å²) >= 11 is 1.34. The van der Waals surface area contributed by atoms with E-state index in [-0.39, 0.29) is 11.8 Å². The minimum absolute atomic E-state index is 0.0591. The Hall–Kier alpha value is -3.39. The fourth-order valence-electron chi connectivity index (χ4n) is 2.60. The minimum Gasteiger partial charge on any atom is -0.493 e. The van der Waals surface area contributed by atoms with Crippen LogP contribution in [-0.2, 0) is 4.79 Å². The lowest BCUT2D eigenvalue weighted by atomic mass is 10.1. The highest BCUT2D eigenvalue weighted by atomic mass is 32.1. The predicted octanol–water partition coefficient (Wildman–Crippen LogP) is 4.87. The molecule has 0 radical (unpaired) electrons. The van der Waals surface area contributed by atoms with E-state index in [1.54, 1.807) is 20.4 Å². The van der Waals surface area contributed by atoms with Crippen molar-refractivity contribution in [3.05, 3.63) is 54.1 Å². The van der Waals surface area contributed by atoms with Crippen LogP contribution in [0.3, 0.4) is 0 Å². The Labute approximate surface area is 179 Å². The van der Waals surface area contributed by atoms with Crippen LogP contribution in [0.2, 0.25) is 0 Å². The summed E-state index contributed by atoms with van der Waals surface area (Å²) < 4.78 is 10.6. The Morgan fingerprint density at radius 2 is 1.83 bits per heavy atom. The van der Waals surface area contributed by atoms with Crippen molar-refractivity contribution >= 4 is 33.6 Å². The summed E-state index contributed by atoms with van der Waals surface area (Å²) in [6, 6.07) is 15.2. The van der Waals surface area contributed by atoms with E-state index in [0.717, 1.165) is 11.1 Å². The highest BCUT2D eigenvalue weighted by Gasteiger charge is 2.17. The normalized spacial score (nSPS) is 11.0. The second kappa shape index (κ2) is 9.89. The molecule has 30 heavy (non-hydrogen) atoms. The van der Waals surface area contributed by atoms with Crippen molar-refractivity contribution in [2.45, 2.75) is 13.8 Å². The van der Waals surface area contributed by atoms with Gasteiger partial charge in [-0.05, 0) is 23.8 Å². The number of hydrazone groups is 1. The fourth-order valence-corrected chi connectivity index (χ4v) is 3.44. The largest absolute Gasteiger partial charge is 0.493 e. The molecule has 0 aliphatic carbocycles. The van der Waals surface area contributed by atoms with Gasteiger partial charge in [-0.2, -0.15) is 5.10 Å². The van der Waals surface area contributed by atoms with Crippen LogP contribution in [0.15, 0.2) is 53.6 Å². The summed E-state index contributed by atoms with van der Waals surface area (Å²) in [5.41, 5.74) is 5.41. The molecule has 3 aromatic rings.